The van der Waals surface area contributed by atoms with Crippen LogP contribution in [-0.2, 0) is 16.1 Å². The highest BCUT2D eigenvalue weighted by atomic mass is 19.3. The van der Waals surface area contributed by atoms with Crippen LogP contribution in [0.4, 0.5) is 14.5 Å². The molecule has 2 aromatic rings. The Bertz CT molecular complexity index is 836. The molecule has 0 amide bonds. The van der Waals surface area contributed by atoms with Crippen LogP contribution in [0.5, 0.6) is 11.5 Å². The van der Waals surface area contributed by atoms with Gasteiger partial charge in [-0.1, -0.05) is 6.07 Å². The monoisotopic (exact) mass is 379 g/mol. The second kappa shape index (κ2) is 9.27. The number of rotatable bonds is 8. The maximum absolute atomic E-state index is 12.3. The summed E-state index contributed by atoms with van der Waals surface area (Å²) < 4.78 is 38.9. The van der Waals surface area contributed by atoms with Crippen LogP contribution >= 0.6 is 0 Å². The first-order chi connectivity index (χ1) is 12.9. The van der Waals surface area contributed by atoms with Crippen molar-refractivity contribution in [3.05, 3.63) is 69.8 Å². The highest BCUT2D eigenvalue weighted by molar-refractivity contribution is 5.87. The van der Waals surface area contributed by atoms with Gasteiger partial charge in [0.25, 0.3) is 5.69 Å². The lowest BCUT2D eigenvalue weighted by atomic mass is 10.2. The second-order valence-corrected chi connectivity index (χ2v) is 5.15. The van der Waals surface area contributed by atoms with Gasteiger partial charge in [-0.25, -0.2) is 4.79 Å². The Morgan fingerprint density at radius 1 is 1.19 bits per heavy atom. The molecule has 0 N–H and O–H groups in total. The Morgan fingerprint density at radius 3 is 2.48 bits per heavy atom. The summed E-state index contributed by atoms with van der Waals surface area (Å²) in [7, 11) is 1.30. The van der Waals surface area contributed by atoms with Gasteiger partial charge in [0.2, 0.25) is 0 Å². The zero-order valence-electron chi connectivity index (χ0n) is 14.1. The average Bonchev–Trinajstić information content (AvgIpc) is 2.65. The van der Waals surface area contributed by atoms with E-state index >= 15 is 0 Å². The molecule has 0 saturated heterocycles. The van der Waals surface area contributed by atoms with E-state index in [0.717, 1.165) is 0 Å². The predicted octanol–water partition coefficient (Wildman–Crippen LogP) is 3.96. The summed E-state index contributed by atoms with van der Waals surface area (Å²) in [5, 5.41) is 10.6. The molecule has 0 atom stereocenters. The molecular formula is C18H15F2NO6. The zero-order valence-corrected chi connectivity index (χ0v) is 14.1. The minimum absolute atomic E-state index is 0.0528. The van der Waals surface area contributed by atoms with Gasteiger partial charge in [-0.2, -0.15) is 8.78 Å². The maximum atomic E-state index is 12.3. The van der Waals surface area contributed by atoms with E-state index in [0.29, 0.717) is 11.1 Å². The van der Waals surface area contributed by atoms with Gasteiger partial charge in [0.1, 0.15) is 6.61 Å². The Morgan fingerprint density at radius 2 is 1.89 bits per heavy atom. The molecule has 0 aromatic heterocycles. The van der Waals surface area contributed by atoms with Gasteiger partial charge in [0.15, 0.2) is 11.5 Å². The number of nitro groups is 1. The standard InChI is InChI=1S/C18H15F2NO6/c1-25-16-10-13(4-8-15(16)27-18(19)20)11-26-17(22)9-5-12-2-6-14(7-3-12)21(23)24/h2-10,18H,11H2,1H3/b9-5+. The molecule has 0 bridgehead atoms. The van der Waals surface area contributed by atoms with Crippen molar-refractivity contribution in [2.75, 3.05) is 7.11 Å². The van der Waals surface area contributed by atoms with Gasteiger partial charge in [-0.05, 0) is 41.5 Å². The number of non-ortho nitro benzene ring substituents is 1. The summed E-state index contributed by atoms with van der Waals surface area (Å²) in [5.41, 5.74) is 1.06. The highest BCUT2D eigenvalue weighted by Crippen LogP contribution is 2.29. The van der Waals surface area contributed by atoms with E-state index in [1.54, 1.807) is 0 Å². The van der Waals surface area contributed by atoms with E-state index in [9.17, 15) is 23.7 Å². The lowest BCUT2D eigenvalue weighted by Crippen LogP contribution is -2.05. The molecule has 2 rings (SSSR count). The van der Waals surface area contributed by atoms with Crippen LogP contribution in [0.15, 0.2) is 48.5 Å². The smallest absolute Gasteiger partial charge is 0.387 e. The second-order valence-electron chi connectivity index (χ2n) is 5.15. The molecule has 27 heavy (non-hydrogen) atoms. The molecule has 2 aromatic carbocycles. The SMILES string of the molecule is COc1cc(COC(=O)/C=C/c2ccc([N+](=O)[O-])cc2)ccc1OC(F)F. The predicted molar refractivity (Wildman–Crippen MR) is 91.6 cm³/mol. The van der Waals surface area contributed by atoms with Gasteiger partial charge in [-0.3, -0.25) is 10.1 Å². The number of alkyl halides is 2. The molecule has 7 nitrogen and oxygen atoms in total. The number of hydrogen-bond acceptors (Lipinski definition) is 6. The van der Waals surface area contributed by atoms with Crippen LogP contribution in [0.3, 0.4) is 0 Å². The first-order valence-electron chi connectivity index (χ1n) is 7.60. The molecule has 9 heteroatoms. The minimum Gasteiger partial charge on any atom is -0.493 e. The number of esters is 1. The van der Waals surface area contributed by atoms with Crippen LogP contribution in [0.1, 0.15) is 11.1 Å². The van der Waals surface area contributed by atoms with E-state index in [-0.39, 0.29) is 23.8 Å². The molecule has 0 aliphatic heterocycles. The van der Waals surface area contributed by atoms with E-state index in [1.807, 2.05) is 0 Å². The number of nitro benzene ring substituents is 1. The number of nitrogens with zero attached hydrogens (tertiary/aromatic N) is 1. The number of hydrogen-bond donors (Lipinski definition) is 0. The lowest BCUT2D eigenvalue weighted by Gasteiger charge is -2.11. The Balaban J connectivity index is 1.93. The molecule has 0 radical (unpaired) electrons. The molecule has 0 fully saturated rings. The molecule has 142 valence electrons. The number of benzene rings is 2. The average molecular weight is 379 g/mol. The number of carbonyl (C=O) groups is 1. The Hall–Kier alpha value is -3.49. The summed E-state index contributed by atoms with van der Waals surface area (Å²) in [6, 6.07) is 9.81. The minimum atomic E-state index is -2.98. The van der Waals surface area contributed by atoms with Crippen molar-refractivity contribution in [3.8, 4) is 11.5 Å². The van der Waals surface area contributed by atoms with Crippen LogP contribution in [0, 0.1) is 10.1 Å². The number of carbonyl (C=O) groups excluding carboxylic acids is 1. The largest absolute Gasteiger partial charge is 0.493 e. The van der Waals surface area contributed by atoms with Crippen molar-refractivity contribution in [3.63, 3.8) is 0 Å². The fourth-order valence-electron chi connectivity index (χ4n) is 2.07. The van der Waals surface area contributed by atoms with Crippen LogP contribution < -0.4 is 9.47 Å². The molecule has 0 heterocycles. The van der Waals surface area contributed by atoms with Crippen molar-refractivity contribution in [2.24, 2.45) is 0 Å². The summed E-state index contributed by atoms with van der Waals surface area (Å²) in [4.78, 5) is 21.8. The number of ether oxygens (including phenoxy) is 3. The highest BCUT2D eigenvalue weighted by Gasteiger charge is 2.11. The van der Waals surface area contributed by atoms with Crippen LogP contribution in [-0.4, -0.2) is 24.6 Å². The van der Waals surface area contributed by atoms with Crippen molar-refractivity contribution >= 4 is 17.7 Å². The topological polar surface area (TPSA) is 87.9 Å². The van der Waals surface area contributed by atoms with E-state index in [2.05, 4.69) is 4.74 Å². The number of halogens is 2. The first-order valence-corrected chi connectivity index (χ1v) is 7.60. The Labute approximate surface area is 152 Å². The summed E-state index contributed by atoms with van der Waals surface area (Å²) in [5.74, 6) is -0.675. The quantitative estimate of drug-likeness (QED) is 0.299. The van der Waals surface area contributed by atoms with Gasteiger partial charge in [0.05, 0.1) is 12.0 Å². The normalized spacial score (nSPS) is 10.8. The summed E-state index contributed by atoms with van der Waals surface area (Å²) in [6.45, 7) is -3.08. The molecule has 0 aliphatic rings. The van der Waals surface area contributed by atoms with E-state index in [4.69, 9.17) is 9.47 Å². The van der Waals surface area contributed by atoms with Crippen molar-refractivity contribution in [2.45, 2.75) is 13.2 Å². The third-order valence-corrected chi connectivity index (χ3v) is 3.34. The summed E-state index contributed by atoms with van der Waals surface area (Å²) in [6.07, 6.45) is 2.62. The zero-order chi connectivity index (χ0) is 19.8. The first kappa shape index (κ1) is 19.8. The van der Waals surface area contributed by atoms with Gasteiger partial charge in [0, 0.05) is 18.2 Å². The van der Waals surface area contributed by atoms with E-state index < -0.39 is 17.5 Å². The summed E-state index contributed by atoms with van der Waals surface area (Å²) >= 11 is 0. The number of methoxy groups -OCH3 is 1. The van der Waals surface area contributed by atoms with Crippen molar-refractivity contribution in [1.82, 2.24) is 0 Å². The van der Waals surface area contributed by atoms with Crippen LogP contribution in [0.2, 0.25) is 0 Å². The fourth-order valence-corrected chi connectivity index (χ4v) is 2.07. The van der Waals surface area contributed by atoms with Crippen LogP contribution in [0.25, 0.3) is 6.08 Å². The molecule has 0 unspecified atom stereocenters. The molecule has 0 spiro atoms. The van der Waals surface area contributed by atoms with Gasteiger partial charge < -0.3 is 14.2 Å². The molecular weight excluding hydrogens is 364 g/mol. The lowest BCUT2D eigenvalue weighted by molar-refractivity contribution is -0.384. The van der Waals surface area contributed by atoms with Gasteiger partial charge >= 0.3 is 12.6 Å². The van der Waals surface area contributed by atoms with Crippen molar-refractivity contribution < 1.29 is 32.7 Å². The van der Waals surface area contributed by atoms with Gasteiger partial charge in [-0.15, -0.1) is 0 Å². The fraction of sp³-hybridized carbons (Fsp3) is 0.167. The Kier molecular flexibility index (Phi) is 6.81. The third-order valence-electron chi connectivity index (χ3n) is 3.34. The molecule has 0 saturated carbocycles. The maximum Gasteiger partial charge on any atom is 0.387 e. The van der Waals surface area contributed by atoms with E-state index in [1.165, 1.54) is 61.7 Å². The van der Waals surface area contributed by atoms with Crippen molar-refractivity contribution in [1.29, 1.82) is 0 Å². The molecule has 0 aliphatic carbocycles. The third kappa shape index (κ3) is 6.07.